The molecule has 9 heteroatoms. The van der Waals surface area contributed by atoms with Crippen LogP contribution in [0.2, 0.25) is 0 Å². The van der Waals surface area contributed by atoms with Gasteiger partial charge >= 0.3 is 0 Å². The number of aromatic hydroxyl groups is 2. The van der Waals surface area contributed by atoms with Crippen molar-refractivity contribution in [1.82, 2.24) is 4.57 Å². The van der Waals surface area contributed by atoms with E-state index in [1.54, 1.807) is 24.3 Å². The zero-order chi connectivity index (χ0) is 28.3. The summed E-state index contributed by atoms with van der Waals surface area (Å²) in [5, 5.41) is 36.0. The molecule has 4 heterocycles. The highest BCUT2D eigenvalue weighted by molar-refractivity contribution is 7.93. The lowest BCUT2D eigenvalue weighted by atomic mass is 9.78. The Morgan fingerprint density at radius 2 is 1.63 bits per heavy atom. The Kier molecular flexibility index (Phi) is 4.63. The molecule has 0 unspecified atom stereocenters. The minimum atomic E-state index is -3.76. The SMILES string of the molecule is C[C@]12CC[C@](CCN3c4cccc5cccc(c45)S3(=O)=O)(O1)c1c2c(O)n(-c2ccc(C#N)c3ccccc23)c1O. The third kappa shape index (κ3) is 2.93. The summed E-state index contributed by atoms with van der Waals surface area (Å²) >= 11 is 0. The largest absolute Gasteiger partial charge is 0.494 e. The van der Waals surface area contributed by atoms with Crippen LogP contribution in [0.1, 0.15) is 42.9 Å². The summed E-state index contributed by atoms with van der Waals surface area (Å²) in [5.41, 5.74) is 0.912. The Morgan fingerprint density at radius 1 is 0.902 bits per heavy atom. The first kappa shape index (κ1) is 24.3. The van der Waals surface area contributed by atoms with E-state index in [4.69, 9.17) is 4.74 Å². The number of aromatic nitrogens is 1. The van der Waals surface area contributed by atoms with Crippen LogP contribution in [0.4, 0.5) is 5.69 Å². The molecule has 0 saturated carbocycles. The Labute approximate surface area is 236 Å². The molecule has 3 aliphatic heterocycles. The highest BCUT2D eigenvalue weighted by Gasteiger charge is 2.61. The van der Waals surface area contributed by atoms with E-state index in [1.807, 2.05) is 55.5 Å². The fraction of sp³-hybridized carbons (Fsp3) is 0.219. The van der Waals surface area contributed by atoms with E-state index < -0.39 is 21.2 Å². The molecular formula is C32H25N3O5S. The summed E-state index contributed by atoms with van der Waals surface area (Å²) in [6, 6.07) is 23.9. The zero-order valence-corrected chi connectivity index (χ0v) is 22.9. The van der Waals surface area contributed by atoms with E-state index >= 15 is 0 Å². The molecule has 1 aromatic heterocycles. The first-order valence-corrected chi connectivity index (χ1v) is 15.0. The van der Waals surface area contributed by atoms with Gasteiger partial charge in [-0.15, -0.1) is 0 Å². The van der Waals surface area contributed by atoms with Crippen molar-refractivity contribution in [1.29, 1.82) is 5.26 Å². The minimum Gasteiger partial charge on any atom is -0.494 e. The van der Waals surface area contributed by atoms with Crippen LogP contribution in [0, 0.1) is 11.3 Å². The number of sulfonamides is 1. The molecule has 0 aliphatic carbocycles. The molecule has 1 fully saturated rings. The fourth-order valence-electron chi connectivity index (χ4n) is 7.39. The molecule has 204 valence electrons. The molecule has 0 radical (unpaired) electrons. The van der Waals surface area contributed by atoms with Crippen molar-refractivity contribution in [2.75, 3.05) is 10.8 Å². The van der Waals surface area contributed by atoms with E-state index in [9.17, 15) is 23.9 Å². The van der Waals surface area contributed by atoms with Gasteiger partial charge in [-0.05, 0) is 55.8 Å². The van der Waals surface area contributed by atoms with Crippen molar-refractivity contribution in [3.63, 3.8) is 0 Å². The normalized spacial score (nSPS) is 23.4. The van der Waals surface area contributed by atoms with Crippen LogP contribution in [-0.4, -0.2) is 29.7 Å². The van der Waals surface area contributed by atoms with Crippen LogP contribution in [0.5, 0.6) is 11.8 Å². The van der Waals surface area contributed by atoms with E-state index in [0.717, 1.165) is 10.8 Å². The second-order valence-corrected chi connectivity index (χ2v) is 13.1. The van der Waals surface area contributed by atoms with Gasteiger partial charge in [-0.3, -0.25) is 8.87 Å². The third-order valence-corrected chi connectivity index (χ3v) is 11.0. The van der Waals surface area contributed by atoms with Gasteiger partial charge in [0.25, 0.3) is 10.0 Å². The summed E-state index contributed by atoms with van der Waals surface area (Å²) in [4.78, 5) is 0.298. The number of nitriles is 1. The second-order valence-electron chi connectivity index (χ2n) is 11.3. The van der Waals surface area contributed by atoms with Crippen molar-refractivity contribution in [3.05, 3.63) is 89.5 Å². The molecule has 0 spiro atoms. The first-order valence-electron chi connectivity index (χ1n) is 13.5. The maximum Gasteiger partial charge on any atom is 0.265 e. The van der Waals surface area contributed by atoms with Gasteiger partial charge in [-0.2, -0.15) is 5.26 Å². The zero-order valence-electron chi connectivity index (χ0n) is 22.1. The third-order valence-electron chi connectivity index (χ3n) is 9.19. The molecule has 41 heavy (non-hydrogen) atoms. The quantitative estimate of drug-likeness (QED) is 0.281. The lowest BCUT2D eigenvalue weighted by Crippen LogP contribution is -2.34. The highest BCUT2D eigenvalue weighted by Crippen LogP contribution is 2.66. The summed E-state index contributed by atoms with van der Waals surface area (Å²) in [5.74, 6) is -0.243. The standard InChI is InChI=1S/C32H25N3O5S/c1-31-14-15-32(40-31,16-17-34-24-10-4-6-19-7-5-11-25(26(19)24)41(34,38)39)28-27(31)29(36)35(30(28)37)23-13-12-20(18-33)21-8-2-3-9-22(21)23/h2-13,36-37H,14-17H2,1H3/t31-,32-/m1/s1. The molecule has 5 aromatic rings. The van der Waals surface area contributed by atoms with E-state index in [1.165, 1.54) is 8.87 Å². The van der Waals surface area contributed by atoms with Gasteiger partial charge in [0.1, 0.15) is 5.60 Å². The van der Waals surface area contributed by atoms with Gasteiger partial charge in [-0.25, -0.2) is 8.42 Å². The number of rotatable bonds is 4. The van der Waals surface area contributed by atoms with Crippen molar-refractivity contribution in [2.24, 2.45) is 0 Å². The van der Waals surface area contributed by atoms with E-state index in [2.05, 4.69) is 6.07 Å². The number of nitrogens with zero attached hydrogens (tertiary/aromatic N) is 3. The molecule has 1 saturated heterocycles. The van der Waals surface area contributed by atoms with Crippen LogP contribution in [0.3, 0.4) is 0 Å². The van der Waals surface area contributed by atoms with Gasteiger partial charge in [0, 0.05) is 22.7 Å². The van der Waals surface area contributed by atoms with Crippen LogP contribution in [-0.2, 0) is 26.0 Å². The Balaban J connectivity index is 1.25. The van der Waals surface area contributed by atoms with Crippen LogP contribution in [0.25, 0.3) is 27.2 Å². The first-order chi connectivity index (χ1) is 19.7. The van der Waals surface area contributed by atoms with Gasteiger partial charge in [0.05, 0.1) is 44.6 Å². The van der Waals surface area contributed by atoms with E-state index in [0.29, 0.717) is 63.0 Å². The summed E-state index contributed by atoms with van der Waals surface area (Å²) in [6.07, 6.45) is 1.49. The maximum absolute atomic E-state index is 13.6. The summed E-state index contributed by atoms with van der Waals surface area (Å²) < 4.78 is 36.8. The maximum atomic E-state index is 13.6. The monoisotopic (exact) mass is 563 g/mol. The predicted octanol–water partition coefficient (Wildman–Crippen LogP) is 5.90. The second kappa shape index (κ2) is 7.81. The van der Waals surface area contributed by atoms with Crippen LogP contribution < -0.4 is 4.31 Å². The number of benzene rings is 4. The highest BCUT2D eigenvalue weighted by atomic mass is 32.2. The average Bonchev–Trinajstić information content (AvgIpc) is 3.62. The molecular weight excluding hydrogens is 538 g/mol. The number of anilines is 1. The molecule has 8 nitrogen and oxygen atoms in total. The Hall–Kier alpha value is -4.52. The van der Waals surface area contributed by atoms with Gasteiger partial charge in [-0.1, -0.05) is 48.5 Å². The number of hydrogen-bond donors (Lipinski definition) is 2. The van der Waals surface area contributed by atoms with Gasteiger partial charge < -0.3 is 14.9 Å². The molecule has 0 amide bonds. The molecule has 2 atom stereocenters. The van der Waals surface area contributed by atoms with Crippen molar-refractivity contribution >= 4 is 37.3 Å². The molecule has 2 bridgehead atoms. The fourth-order valence-corrected chi connectivity index (χ4v) is 9.10. The summed E-state index contributed by atoms with van der Waals surface area (Å²) in [7, 11) is -3.76. The van der Waals surface area contributed by atoms with Crippen LogP contribution >= 0.6 is 0 Å². The van der Waals surface area contributed by atoms with Crippen molar-refractivity contribution in [2.45, 2.75) is 42.3 Å². The molecule has 2 N–H and O–H groups in total. The van der Waals surface area contributed by atoms with Gasteiger partial charge in [0.2, 0.25) is 11.8 Å². The average molecular weight is 564 g/mol. The lowest BCUT2D eigenvalue weighted by Gasteiger charge is -2.29. The van der Waals surface area contributed by atoms with Crippen molar-refractivity contribution in [3.8, 4) is 23.5 Å². The van der Waals surface area contributed by atoms with Gasteiger partial charge in [0.15, 0.2) is 0 Å². The minimum absolute atomic E-state index is 0.109. The smallest absolute Gasteiger partial charge is 0.265 e. The topological polar surface area (TPSA) is 116 Å². The molecule has 3 aliphatic rings. The molecule has 8 rings (SSSR count). The van der Waals surface area contributed by atoms with Crippen LogP contribution in [0.15, 0.2) is 77.7 Å². The number of ether oxygens (including phenoxy) is 1. The lowest BCUT2D eigenvalue weighted by molar-refractivity contribution is -0.0818. The van der Waals surface area contributed by atoms with Crippen molar-refractivity contribution < 1.29 is 23.4 Å². The summed E-state index contributed by atoms with van der Waals surface area (Å²) in [6.45, 7) is 2.06. The molecule has 4 aromatic carbocycles. The Morgan fingerprint density at radius 3 is 2.41 bits per heavy atom. The Bertz CT molecular complexity index is 2120. The van der Waals surface area contributed by atoms with E-state index in [-0.39, 0.29) is 18.3 Å². The predicted molar refractivity (Wildman–Crippen MR) is 154 cm³/mol. The number of fused-ring (bicyclic) bond motifs is 6. The number of hydrogen-bond acceptors (Lipinski definition) is 6.